The molecule has 1 N–H and O–H groups in total. The largest absolute Gasteiger partial charge is 0.348 e. The average molecular weight is 281 g/mol. The topological polar surface area (TPSA) is 28.2 Å². The van der Waals surface area contributed by atoms with E-state index in [1.165, 1.54) is 60.9 Å². The van der Waals surface area contributed by atoms with Gasteiger partial charge >= 0.3 is 0 Å². The molecule has 1 aromatic heterocycles. The van der Waals surface area contributed by atoms with Crippen molar-refractivity contribution in [3.8, 4) is 0 Å². The average Bonchev–Trinajstić information content (AvgIpc) is 2.67. The Hall–Kier alpha value is -0.610. The van der Waals surface area contributed by atoms with Crippen LogP contribution in [0.25, 0.3) is 0 Å². The van der Waals surface area contributed by atoms with Crippen LogP contribution in [0, 0.1) is 6.92 Å². The summed E-state index contributed by atoms with van der Waals surface area (Å²) in [6.07, 6.45) is 6.80. The van der Waals surface area contributed by atoms with Crippen LogP contribution in [0.1, 0.15) is 56.5 Å². The van der Waals surface area contributed by atoms with Crippen LogP contribution in [0.2, 0.25) is 0 Å². The van der Waals surface area contributed by atoms with Crippen LogP contribution in [0.4, 0.5) is 5.13 Å². The molecule has 2 rings (SSSR count). The molecule has 0 bridgehead atoms. The SMILES string of the molecule is Cc1nc(N2CCCCCCC2)sc1CNC(C)C. The number of aryl methyl sites for hydroxylation is 1. The third-order valence-corrected chi connectivity index (χ3v) is 4.90. The Morgan fingerprint density at radius 3 is 2.42 bits per heavy atom. The first-order valence-electron chi connectivity index (χ1n) is 7.61. The minimum absolute atomic E-state index is 0.534. The highest BCUT2D eigenvalue weighted by atomic mass is 32.1. The Bertz CT molecular complexity index is 379. The van der Waals surface area contributed by atoms with Gasteiger partial charge in [-0.15, -0.1) is 11.3 Å². The molecule has 19 heavy (non-hydrogen) atoms. The van der Waals surface area contributed by atoms with Crippen LogP contribution in [-0.4, -0.2) is 24.1 Å². The number of hydrogen-bond donors (Lipinski definition) is 1. The molecule has 1 fully saturated rings. The van der Waals surface area contributed by atoms with Crippen molar-refractivity contribution < 1.29 is 0 Å². The van der Waals surface area contributed by atoms with Gasteiger partial charge in [0, 0.05) is 30.6 Å². The van der Waals surface area contributed by atoms with Gasteiger partial charge in [-0.2, -0.15) is 0 Å². The number of nitrogens with zero attached hydrogens (tertiary/aromatic N) is 2. The first kappa shape index (κ1) is 14.8. The molecule has 2 heterocycles. The van der Waals surface area contributed by atoms with Gasteiger partial charge in [0.05, 0.1) is 5.69 Å². The zero-order chi connectivity index (χ0) is 13.7. The van der Waals surface area contributed by atoms with Gasteiger partial charge in [-0.3, -0.25) is 0 Å². The molecule has 0 spiro atoms. The van der Waals surface area contributed by atoms with Gasteiger partial charge in [-0.1, -0.05) is 33.1 Å². The minimum atomic E-state index is 0.534. The summed E-state index contributed by atoms with van der Waals surface area (Å²) in [6, 6.07) is 0.534. The number of anilines is 1. The lowest BCUT2D eigenvalue weighted by Gasteiger charge is -2.23. The Morgan fingerprint density at radius 1 is 1.16 bits per heavy atom. The maximum Gasteiger partial charge on any atom is 0.185 e. The highest BCUT2D eigenvalue weighted by Gasteiger charge is 2.15. The van der Waals surface area contributed by atoms with Gasteiger partial charge in [0.1, 0.15) is 0 Å². The molecular weight excluding hydrogens is 254 g/mol. The number of rotatable bonds is 4. The van der Waals surface area contributed by atoms with Crippen molar-refractivity contribution in [1.82, 2.24) is 10.3 Å². The van der Waals surface area contributed by atoms with Gasteiger partial charge in [0.25, 0.3) is 0 Å². The molecule has 0 aliphatic carbocycles. The Balaban J connectivity index is 2.00. The van der Waals surface area contributed by atoms with E-state index in [-0.39, 0.29) is 0 Å². The quantitative estimate of drug-likeness (QED) is 0.911. The monoisotopic (exact) mass is 281 g/mol. The van der Waals surface area contributed by atoms with Crippen molar-refractivity contribution in [2.24, 2.45) is 0 Å². The van der Waals surface area contributed by atoms with Gasteiger partial charge in [0.15, 0.2) is 5.13 Å². The van der Waals surface area contributed by atoms with E-state index in [9.17, 15) is 0 Å². The fourth-order valence-electron chi connectivity index (χ4n) is 2.45. The lowest BCUT2D eigenvalue weighted by molar-refractivity contribution is 0.556. The second-order valence-corrected chi connectivity index (χ2v) is 6.86. The molecule has 1 saturated heterocycles. The van der Waals surface area contributed by atoms with Crippen LogP contribution >= 0.6 is 11.3 Å². The molecule has 0 unspecified atom stereocenters. The third kappa shape index (κ3) is 4.46. The van der Waals surface area contributed by atoms with Gasteiger partial charge in [-0.25, -0.2) is 4.98 Å². The predicted octanol–water partition coefficient (Wildman–Crippen LogP) is 3.72. The minimum Gasteiger partial charge on any atom is -0.348 e. The molecule has 0 amide bonds. The van der Waals surface area contributed by atoms with Crippen molar-refractivity contribution in [3.63, 3.8) is 0 Å². The van der Waals surface area contributed by atoms with Crippen molar-refractivity contribution >= 4 is 16.5 Å². The van der Waals surface area contributed by atoms with Crippen LogP contribution in [0.15, 0.2) is 0 Å². The molecule has 1 aromatic rings. The van der Waals surface area contributed by atoms with Gasteiger partial charge in [0.2, 0.25) is 0 Å². The summed E-state index contributed by atoms with van der Waals surface area (Å²) in [6.45, 7) is 9.84. The van der Waals surface area contributed by atoms with E-state index < -0.39 is 0 Å². The fourth-order valence-corrected chi connectivity index (χ4v) is 3.51. The normalized spacial score (nSPS) is 17.6. The smallest absolute Gasteiger partial charge is 0.185 e. The summed E-state index contributed by atoms with van der Waals surface area (Å²) in [4.78, 5) is 8.68. The van der Waals surface area contributed by atoms with Crippen LogP contribution in [0.3, 0.4) is 0 Å². The van der Waals surface area contributed by atoms with Gasteiger partial charge < -0.3 is 10.2 Å². The number of aromatic nitrogens is 1. The van der Waals surface area contributed by atoms with E-state index in [2.05, 4.69) is 31.0 Å². The van der Waals surface area contributed by atoms with Crippen LogP contribution in [0.5, 0.6) is 0 Å². The first-order valence-corrected chi connectivity index (χ1v) is 8.43. The lowest BCUT2D eigenvalue weighted by atomic mass is 10.1. The third-order valence-electron chi connectivity index (χ3n) is 3.68. The Morgan fingerprint density at radius 2 is 1.79 bits per heavy atom. The van der Waals surface area contributed by atoms with E-state index in [0.29, 0.717) is 6.04 Å². The fraction of sp³-hybridized carbons (Fsp3) is 0.800. The molecule has 0 atom stereocenters. The highest BCUT2D eigenvalue weighted by Crippen LogP contribution is 2.27. The van der Waals surface area contributed by atoms with Crippen molar-refractivity contribution in [1.29, 1.82) is 0 Å². The molecule has 4 heteroatoms. The zero-order valence-corrected chi connectivity index (χ0v) is 13.4. The van der Waals surface area contributed by atoms with E-state index in [1.54, 1.807) is 0 Å². The molecule has 108 valence electrons. The number of thiazole rings is 1. The molecule has 0 radical (unpaired) electrons. The molecular formula is C15H27N3S. The Labute approximate surface area is 121 Å². The Kier molecular flexibility index (Phi) is 5.64. The van der Waals surface area contributed by atoms with Gasteiger partial charge in [-0.05, 0) is 19.8 Å². The predicted molar refractivity (Wildman–Crippen MR) is 84.1 cm³/mol. The number of hydrogen-bond acceptors (Lipinski definition) is 4. The van der Waals surface area contributed by atoms with E-state index in [4.69, 9.17) is 4.98 Å². The molecule has 0 saturated carbocycles. The summed E-state index contributed by atoms with van der Waals surface area (Å²) < 4.78 is 0. The molecule has 1 aliphatic rings. The van der Waals surface area contributed by atoms with Crippen LogP contribution in [-0.2, 0) is 6.54 Å². The molecule has 0 aromatic carbocycles. The van der Waals surface area contributed by atoms with Crippen molar-refractivity contribution in [3.05, 3.63) is 10.6 Å². The maximum absolute atomic E-state index is 4.79. The maximum atomic E-state index is 4.79. The van der Waals surface area contributed by atoms with Crippen molar-refractivity contribution in [2.45, 2.75) is 65.5 Å². The lowest BCUT2D eigenvalue weighted by Crippen LogP contribution is -2.26. The second kappa shape index (κ2) is 7.25. The standard InChI is InChI=1S/C15H27N3S/c1-12(2)16-11-14-13(3)17-15(19-14)18-9-7-5-4-6-8-10-18/h12,16H,4-11H2,1-3H3. The summed E-state index contributed by atoms with van der Waals surface area (Å²) in [5.74, 6) is 0. The van der Waals surface area contributed by atoms with E-state index in [1.807, 2.05) is 11.3 Å². The van der Waals surface area contributed by atoms with E-state index in [0.717, 1.165) is 6.54 Å². The first-order chi connectivity index (χ1) is 9.16. The summed E-state index contributed by atoms with van der Waals surface area (Å²) >= 11 is 1.88. The summed E-state index contributed by atoms with van der Waals surface area (Å²) in [5.41, 5.74) is 1.20. The molecule has 3 nitrogen and oxygen atoms in total. The summed E-state index contributed by atoms with van der Waals surface area (Å²) in [5, 5.41) is 4.73. The van der Waals surface area contributed by atoms with Crippen molar-refractivity contribution in [2.75, 3.05) is 18.0 Å². The van der Waals surface area contributed by atoms with E-state index >= 15 is 0 Å². The second-order valence-electron chi connectivity index (χ2n) is 5.80. The zero-order valence-electron chi connectivity index (χ0n) is 12.5. The molecule has 1 aliphatic heterocycles. The highest BCUT2D eigenvalue weighted by molar-refractivity contribution is 7.15. The van der Waals surface area contributed by atoms with Crippen LogP contribution < -0.4 is 10.2 Å². The summed E-state index contributed by atoms with van der Waals surface area (Å²) in [7, 11) is 0. The number of nitrogens with one attached hydrogen (secondary N) is 1.